The number of methoxy groups -OCH3 is 1. The Morgan fingerprint density at radius 2 is 1.53 bits per heavy atom. The zero-order valence-electron chi connectivity index (χ0n) is 17.3. The highest BCUT2D eigenvalue weighted by molar-refractivity contribution is 6.14. The van der Waals surface area contributed by atoms with Gasteiger partial charge >= 0.3 is 5.97 Å². The van der Waals surface area contributed by atoms with E-state index in [1.165, 1.54) is 43.5 Å². The number of halogens is 5. The van der Waals surface area contributed by atoms with E-state index >= 15 is 0 Å². The second-order valence-electron chi connectivity index (χ2n) is 7.05. The molecule has 0 bridgehead atoms. The van der Waals surface area contributed by atoms with Gasteiger partial charge in [-0.2, -0.15) is 0 Å². The third-order valence-electron chi connectivity index (χ3n) is 4.95. The highest BCUT2D eigenvalue weighted by Crippen LogP contribution is 2.35. The lowest BCUT2D eigenvalue weighted by atomic mass is 10.1. The Kier molecular flexibility index (Phi) is 6.06. The van der Waals surface area contributed by atoms with Gasteiger partial charge in [0.1, 0.15) is 18.1 Å². The van der Waals surface area contributed by atoms with Gasteiger partial charge < -0.3 is 14.2 Å². The average Bonchev–Trinajstić information content (AvgIpc) is 3.15. The van der Waals surface area contributed by atoms with Crippen LogP contribution in [-0.2, 0) is 11.3 Å². The summed E-state index contributed by atoms with van der Waals surface area (Å²) >= 11 is 0. The molecule has 0 atom stereocenters. The minimum absolute atomic E-state index is 0.0285. The number of rotatable bonds is 5. The first-order chi connectivity index (χ1) is 16.2. The van der Waals surface area contributed by atoms with Gasteiger partial charge in [0.05, 0.1) is 23.8 Å². The minimum atomic E-state index is -2.26. The predicted octanol–water partition coefficient (Wildman–Crippen LogP) is 5.36. The van der Waals surface area contributed by atoms with E-state index in [4.69, 9.17) is 9.47 Å². The molecule has 10 heteroatoms. The molecule has 0 amide bonds. The minimum Gasteiger partial charge on any atom is -0.489 e. The van der Waals surface area contributed by atoms with Crippen molar-refractivity contribution in [3.05, 3.63) is 99.6 Å². The van der Waals surface area contributed by atoms with E-state index in [0.717, 1.165) is 0 Å². The number of carbonyl (C=O) groups is 2. The molecule has 0 saturated carbocycles. The average molecular weight is 476 g/mol. The maximum absolute atomic E-state index is 13.8. The van der Waals surface area contributed by atoms with Gasteiger partial charge in [-0.05, 0) is 35.9 Å². The maximum atomic E-state index is 13.8. The Morgan fingerprint density at radius 3 is 2.15 bits per heavy atom. The van der Waals surface area contributed by atoms with E-state index in [-0.39, 0.29) is 22.8 Å². The van der Waals surface area contributed by atoms with E-state index < -0.39 is 53.0 Å². The van der Waals surface area contributed by atoms with Crippen LogP contribution in [0.1, 0.15) is 31.8 Å². The van der Waals surface area contributed by atoms with Crippen molar-refractivity contribution in [1.82, 2.24) is 0 Å². The fourth-order valence-electron chi connectivity index (χ4n) is 3.17. The quantitative estimate of drug-likeness (QED) is 0.163. The lowest BCUT2D eigenvalue weighted by Crippen LogP contribution is -2.09. The van der Waals surface area contributed by atoms with Crippen molar-refractivity contribution in [2.24, 2.45) is 0 Å². The number of carbonyl (C=O) groups excluding carboxylic acids is 2. The zero-order valence-corrected chi connectivity index (χ0v) is 17.3. The van der Waals surface area contributed by atoms with Crippen LogP contribution in [0.2, 0.25) is 0 Å². The van der Waals surface area contributed by atoms with Crippen LogP contribution in [0.4, 0.5) is 22.0 Å². The first kappa shape index (κ1) is 23.0. The summed E-state index contributed by atoms with van der Waals surface area (Å²) in [6, 6.07) is 10.1. The topological polar surface area (TPSA) is 61.8 Å². The summed E-state index contributed by atoms with van der Waals surface area (Å²) in [5.41, 5.74) is -0.0697. The fourth-order valence-corrected chi connectivity index (χ4v) is 3.17. The normalized spacial score (nSPS) is 13.6. The maximum Gasteiger partial charge on any atom is 0.337 e. The molecule has 0 spiro atoms. The van der Waals surface area contributed by atoms with Gasteiger partial charge in [-0.3, -0.25) is 4.79 Å². The summed E-state index contributed by atoms with van der Waals surface area (Å²) in [6.07, 6.45) is 1.44. The zero-order chi connectivity index (χ0) is 24.6. The number of hydrogen-bond acceptors (Lipinski definition) is 5. The second-order valence-corrected chi connectivity index (χ2v) is 7.05. The second kappa shape index (κ2) is 8.97. The number of ketones is 1. The molecule has 5 nitrogen and oxygen atoms in total. The van der Waals surface area contributed by atoms with E-state index in [1.807, 2.05) is 0 Å². The Bertz CT molecular complexity index is 1320. The molecule has 1 aliphatic heterocycles. The molecular weight excluding hydrogens is 463 g/mol. The van der Waals surface area contributed by atoms with Crippen LogP contribution >= 0.6 is 0 Å². The van der Waals surface area contributed by atoms with Gasteiger partial charge in [0, 0.05) is 6.07 Å². The molecule has 174 valence electrons. The van der Waals surface area contributed by atoms with Gasteiger partial charge in [-0.25, -0.2) is 26.7 Å². The van der Waals surface area contributed by atoms with Crippen LogP contribution in [0.15, 0.2) is 48.2 Å². The molecule has 4 rings (SSSR count). The number of ether oxygens (including phenoxy) is 3. The smallest absolute Gasteiger partial charge is 0.337 e. The summed E-state index contributed by atoms with van der Waals surface area (Å²) in [7, 11) is 1.25. The van der Waals surface area contributed by atoms with Gasteiger partial charge in [-0.15, -0.1) is 0 Å². The van der Waals surface area contributed by atoms with Crippen LogP contribution in [0.25, 0.3) is 6.08 Å². The molecule has 0 N–H and O–H groups in total. The molecule has 34 heavy (non-hydrogen) atoms. The van der Waals surface area contributed by atoms with Gasteiger partial charge in [0.2, 0.25) is 11.6 Å². The van der Waals surface area contributed by atoms with Crippen molar-refractivity contribution in [1.29, 1.82) is 0 Å². The van der Waals surface area contributed by atoms with Crippen molar-refractivity contribution >= 4 is 17.8 Å². The third kappa shape index (κ3) is 4.09. The molecule has 3 aromatic carbocycles. The summed E-state index contributed by atoms with van der Waals surface area (Å²) in [6.45, 7) is -0.951. The Balaban J connectivity index is 1.52. The standard InChI is InChI=1S/C24H13F5O5/c1-32-24(31)12-4-2-11(3-5-12)8-17-23(30)14-7-6-13(9-16(14)34-17)33-10-15-18(25)20(27)22(29)21(28)19(15)26/h2-9H,10H2,1H3/b17-8-. The molecule has 1 aliphatic rings. The van der Waals surface area contributed by atoms with Crippen molar-refractivity contribution in [3.63, 3.8) is 0 Å². The first-order valence-corrected chi connectivity index (χ1v) is 9.61. The van der Waals surface area contributed by atoms with Gasteiger partial charge in [0.25, 0.3) is 0 Å². The molecule has 0 saturated heterocycles. The molecule has 0 aliphatic carbocycles. The van der Waals surface area contributed by atoms with Crippen LogP contribution in [0, 0.1) is 29.1 Å². The number of fused-ring (bicyclic) bond motifs is 1. The van der Waals surface area contributed by atoms with Crippen molar-refractivity contribution in [2.75, 3.05) is 7.11 Å². The largest absolute Gasteiger partial charge is 0.489 e. The van der Waals surface area contributed by atoms with Gasteiger partial charge in [0.15, 0.2) is 29.0 Å². The van der Waals surface area contributed by atoms with Crippen molar-refractivity contribution in [3.8, 4) is 11.5 Å². The predicted molar refractivity (Wildman–Crippen MR) is 108 cm³/mol. The lowest BCUT2D eigenvalue weighted by Gasteiger charge is -2.10. The van der Waals surface area contributed by atoms with E-state index in [9.17, 15) is 31.5 Å². The number of allylic oxidation sites excluding steroid dienone is 1. The third-order valence-corrected chi connectivity index (χ3v) is 4.95. The molecule has 3 aromatic rings. The van der Waals surface area contributed by atoms with E-state index in [2.05, 4.69) is 4.74 Å². The molecule has 0 unspecified atom stereocenters. The van der Waals surface area contributed by atoms with Crippen LogP contribution in [0.5, 0.6) is 11.5 Å². The summed E-state index contributed by atoms with van der Waals surface area (Å²) in [4.78, 5) is 24.1. The Hall–Kier alpha value is -4.21. The van der Waals surface area contributed by atoms with Crippen LogP contribution < -0.4 is 9.47 Å². The summed E-state index contributed by atoms with van der Waals surface area (Å²) < 4.78 is 82.8. The molecule has 0 radical (unpaired) electrons. The fraction of sp³-hybridized carbons (Fsp3) is 0.0833. The molecule has 1 heterocycles. The number of Topliss-reactive ketones (excluding diaryl/α,β-unsaturated/α-hetero) is 1. The van der Waals surface area contributed by atoms with Crippen LogP contribution in [0.3, 0.4) is 0 Å². The summed E-state index contributed by atoms with van der Waals surface area (Å²) in [5, 5.41) is 0. The molecule has 0 aromatic heterocycles. The summed E-state index contributed by atoms with van der Waals surface area (Å²) in [5.74, 6) is -11.3. The Morgan fingerprint density at radius 1 is 0.912 bits per heavy atom. The molecular formula is C24H13F5O5. The van der Waals surface area contributed by atoms with Crippen molar-refractivity contribution in [2.45, 2.75) is 6.61 Å². The van der Waals surface area contributed by atoms with E-state index in [1.54, 1.807) is 12.1 Å². The SMILES string of the molecule is COC(=O)c1ccc(/C=C2\Oc3cc(OCc4c(F)c(F)c(F)c(F)c4F)ccc3C2=O)cc1. The van der Waals surface area contributed by atoms with Crippen LogP contribution in [-0.4, -0.2) is 18.9 Å². The van der Waals surface area contributed by atoms with Gasteiger partial charge in [-0.1, -0.05) is 12.1 Å². The number of hydrogen-bond donors (Lipinski definition) is 0. The monoisotopic (exact) mass is 476 g/mol. The highest BCUT2D eigenvalue weighted by Gasteiger charge is 2.29. The van der Waals surface area contributed by atoms with Crippen molar-refractivity contribution < 1.29 is 45.8 Å². The van der Waals surface area contributed by atoms with E-state index in [0.29, 0.717) is 11.1 Å². The number of benzene rings is 3. The lowest BCUT2D eigenvalue weighted by molar-refractivity contribution is 0.0600. The highest BCUT2D eigenvalue weighted by atomic mass is 19.2. The Labute approximate surface area is 189 Å². The first-order valence-electron chi connectivity index (χ1n) is 9.61. The molecule has 0 fully saturated rings. The number of esters is 1.